The second kappa shape index (κ2) is 8.48. The van der Waals surface area contributed by atoms with Gasteiger partial charge in [0.15, 0.2) is 0 Å². The predicted molar refractivity (Wildman–Crippen MR) is 102 cm³/mol. The van der Waals surface area contributed by atoms with Crippen LogP contribution in [0.25, 0.3) is 0 Å². The highest BCUT2D eigenvalue weighted by molar-refractivity contribution is 7.12. The molecule has 0 spiro atoms. The Morgan fingerprint density at radius 3 is 2.31 bits per heavy atom. The maximum Gasteiger partial charge on any atom is 0.319 e. The smallest absolute Gasteiger partial charge is 0.319 e. The second-order valence-corrected chi connectivity index (χ2v) is 6.93. The number of hydrogen-bond donors (Lipinski definition) is 4. The molecule has 1 heterocycles. The molecule has 1 aromatic carbocycles. The molecule has 1 aromatic heterocycles. The molecule has 2 aromatic rings. The molecule has 3 rings (SSSR count). The van der Waals surface area contributed by atoms with Crippen LogP contribution in [0.1, 0.15) is 28.9 Å². The summed E-state index contributed by atoms with van der Waals surface area (Å²) in [6, 6.07) is 10.5. The Kier molecular flexibility index (Phi) is 5.85. The summed E-state index contributed by atoms with van der Waals surface area (Å²) < 4.78 is 0. The molecule has 1 fully saturated rings. The van der Waals surface area contributed by atoms with Crippen LogP contribution < -0.4 is 21.3 Å². The monoisotopic (exact) mass is 372 g/mol. The fourth-order valence-corrected chi connectivity index (χ4v) is 2.87. The first-order chi connectivity index (χ1) is 12.6. The number of anilines is 2. The van der Waals surface area contributed by atoms with E-state index in [0.717, 1.165) is 12.8 Å². The first-order valence-corrected chi connectivity index (χ1v) is 9.27. The van der Waals surface area contributed by atoms with E-state index in [2.05, 4.69) is 21.3 Å². The Morgan fingerprint density at radius 1 is 1.00 bits per heavy atom. The fraction of sp³-hybridized carbons (Fsp3) is 0.278. The Hall–Kier alpha value is -2.87. The Labute approximate surface area is 155 Å². The lowest BCUT2D eigenvalue weighted by molar-refractivity contribution is -0.116. The van der Waals surface area contributed by atoms with Crippen LogP contribution in [0, 0.1) is 0 Å². The summed E-state index contributed by atoms with van der Waals surface area (Å²) in [5.41, 5.74) is 1.29. The molecule has 1 aliphatic rings. The minimum absolute atomic E-state index is 0.173. The highest BCUT2D eigenvalue weighted by atomic mass is 32.1. The maximum atomic E-state index is 11.9. The zero-order chi connectivity index (χ0) is 18.4. The van der Waals surface area contributed by atoms with Crippen LogP contribution in [0.4, 0.5) is 16.2 Å². The minimum Gasteiger partial charge on any atom is -0.351 e. The van der Waals surface area contributed by atoms with E-state index >= 15 is 0 Å². The van der Waals surface area contributed by atoms with Crippen molar-refractivity contribution in [3.8, 4) is 0 Å². The van der Waals surface area contributed by atoms with Crippen molar-refractivity contribution in [3.63, 3.8) is 0 Å². The molecule has 0 bridgehead atoms. The van der Waals surface area contributed by atoms with E-state index in [9.17, 15) is 14.4 Å². The van der Waals surface area contributed by atoms with Crippen LogP contribution in [0.15, 0.2) is 41.8 Å². The van der Waals surface area contributed by atoms with Crippen LogP contribution in [0.3, 0.4) is 0 Å². The van der Waals surface area contributed by atoms with Crippen LogP contribution in [-0.2, 0) is 4.79 Å². The fourth-order valence-electron chi connectivity index (χ4n) is 2.23. The molecule has 1 aliphatic carbocycles. The van der Waals surface area contributed by atoms with Crippen molar-refractivity contribution in [1.82, 2.24) is 10.6 Å². The molecule has 4 amide bonds. The molecule has 1 saturated carbocycles. The topological polar surface area (TPSA) is 99.3 Å². The molecular formula is C18H20N4O3S. The van der Waals surface area contributed by atoms with Crippen LogP contribution in [0.5, 0.6) is 0 Å². The number of carbonyl (C=O) groups is 3. The largest absolute Gasteiger partial charge is 0.351 e. The molecule has 0 unspecified atom stereocenters. The zero-order valence-corrected chi connectivity index (χ0v) is 14.9. The van der Waals surface area contributed by atoms with Crippen LogP contribution in [-0.4, -0.2) is 30.4 Å². The lowest BCUT2D eigenvalue weighted by atomic mass is 10.2. The molecule has 26 heavy (non-hydrogen) atoms. The van der Waals surface area contributed by atoms with Crippen molar-refractivity contribution >= 4 is 40.6 Å². The van der Waals surface area contributed by atoms with Gasteiger partial charge in [-0.05, 0) is 48.6 Å². The van der Waals surface area contributed by atoms with E-state index in [1.165, 1.54) is 11.3 Å². The van der Waals surface area contributed by atoms with Crippen molar-refractivity contribution in [1.29, 1.82) is 0 Å². The van der Waals surface area contributed by atoms with Crippen molar-refractivity contribution in [2.45, 2.75) is 25.3 Å². The summed E-state index contributed by atoms with van der Waals surface area (Å²) in [6.07, 6.45) is 2.25. The lowest BCUT2D eigenvalue weighted by Crippen LogP contribution is -2.30. The van der Waals surface area contributed by atoms with E-state index in [4.69, 9.17) is 0 Å². The zero-order valence-electron chi connectivity index (χ0n) is 14.1. The van der Waals surface area contributed by atoms with Gasteiger partial charge < -0.3 is 21.3 Å². The van der Waals surface area contributed by atoms with E-state index < -0.39 is 0 Å². The van der Waals surface area contributed by atoms with E-state index in [0.29, 0.717) is 22.3 Å². The van der Waals surface area contributed by atoms with Gasteiger partial charge in [0.25, 0.3) is 5.91 Å². The van der Waals surface area contributed by atoms with Gasteiger partial charge in [-0.1, -0.05) is 6.07 Å². The molecule has 0 atom stereocenters. The molecule has 7 nitrogen and oxygen atoms in total. The van der Waals surface area contributed by atoms with Gasteiger partial charge in [0.2, 0.25) is 5.91 Å². The van der Waals surface area contributed by atoms with Gasteiger partial charge in [-0.15, -0.1) is 11.3 Å². The van der Waals surface area contributed by atoms with Gasteiger partial charge in [0.1, 0.15) is 0 Å². The summed E-state index contributed by atoms with van der Waals surface area (Å²) in [5.74, 6) is -0.364. The number of amides is 4. The van der Waals surface area contributed by atoms with Crippen molar-refractivity contribution in [2.75, 3.05) is 17.2 Å². The molecule has 0 saturated heterocycles. The van der Waals surface area contributed by atoms with Crippen molar-refractivity contribution in [2.24, 2.45) is 0 Å². The first-order valence-electron chi connectivity index (χ1n) is 8.39. The number of nitrogens with one attached hydrogen (secondary N) is 4. The van der Waals surface area contributed by atoms with Gasteiger partial charge in [-0.2, -0.15) is 0 Å². The second-order valence-electron chi connectivity index (χ2n) is 5.98. The average Bonchev–Trinajstić information content (AvgIpc) is 3.24. The maximum absolute atomic E-state index is 11.9. The van der Waals surface area contributed by atoms with E-state index in [1.54, 1.807) is 36.4 Å². The van der Waals surface area contributed by atoms with Gasteiger partial charge >= 0.3 is 6.03 Å². The SMILES string of the molecule is O=C(CCNC(=O)c1cccs1)Nc1ccc(NC(=O)NC2CC2)cc1. The summed E-state index contributed by atoms with van der Waals surface area (Å²) in [7, 11) is 0. The molecular weight excluding hydrogens is 352 g/mol. The Balaban J connectivity index is 1.38. The first kappa shape index (κ1) is 17.9. The third kappa shape index (κ3) is 5.59. The summed E-state index contributed by atoms with van der Waals surface area (Å²) in [5, 5.41) is 12.9. The number of benzene rings is 1. The molecule has 4 N–H and O–H groups in total. The lowest BCUT2D eigenvalue weighted by Gasteiger charge is -2.09. The third-order valence-electron chi connectivity index (χ3n) is 3.72. The Bertz CT molecular complexity index is 770. The molecule has 136 valence electrons. The van der Waals surface area contributed by atoms with Gasteiger partial charge in [0, 0.05) is 30.4 Å². The summed E-state index contributed by atoms with van der Waals surface area (Å²) in [4.78, 5) is 36.0. The standard InChI is InChI=1S/C18H20N4O3S/c23-16(9-10-19-17(24)15-2-1-11-26-15)20-12-3-5-13(6-4-12)21-18(25)22-14-7-8-14/h1-6,11,14H,7-10H2,(H,19,24)(H,20,23)(H2,21,22,25). The Morgan fingerprint density at radius 2 is 1.69 bits per heavy atom. The van der Waals surface area contributed by atoms with Gasteiger partial charge in [-0.25, -0.2) is 4.79 Å². The number of rotatable bonds is 7. The number of hydrogen-bond acceptors (Lipinski definition) is 4. The normalized spacial score (nSPS) is 12.9. The molecule has 0 radical (unpaired) electrons. The van der Waals surface area contributed by atoms with E-state index in [-0.39, 0.29) is 30.8 Å². The highest BCUT2D eigenvalue weighted by Crippen LogP contribution is 2.19. The molecule has 0 aliphatic heterocycles. The van der Waals surface area contributed by atoms with Crippen LogP contribution in [0.2, 0.25) is 0 Å². The third-order valence-corrected chi connectivity index (χ3v) is 4.59. The summed E-state index contributed by atoms with van der Waals surface area (Å²) in [6.45, 7) is 0.267. The van der Waals surface area contributed by atoms with Gasteiger partial charge in [-0.3, -0.25) is 9.59 Å². The van der Waals surface area contributed by atoms with Crippen LogP contribution >= 0.6 is 11.3 Å². The average molecular weight is 372 g/mol. The quantitative estimate of drug-likeness (QED) is 0.601. The van der Waals surface area contributed by atoms with Crippen molar-refractivity contribution < 1.29 is 14.4 Å². The summed E-state index contributed by atoms with van der Waals surface area (Å²) >= 11 is 1.36. The highest BCUT2D eigenvalue weighted by Gasteiger charge is 2.23. The number of urea groups is 1. The number of thiophene rings is 1. The predicted octanol–water partition coefficient (Wildman–Crippen LogP) is 2.79. The van der Waals surface area contributed by atoms with Crippen molar-refractivity contribution in [3.05, 3.63) is 46.7 Å². The number of carbonyl (C=O) groups excluding carboxylic acids is 3. The minimum atomic E-state index is -0.217. The van der Waals surface area contributed by atoms with E-state index in [1.807, 2.05) is 5.38 Å². The molecule has 8 heteroatoms. The van der Waals surface area contributed by atoms with Gasteiger partial charge in [0.05, 0.1) is 4.88 Å².